The van der Waals surface area contributed by atoms with Crippen molar-refractivity contribution in [2.75, 3.05) is 33.9 Å². The molecule has 0 aliphatic heterocycles. The summed E-state index contributed by atoms with van der Waals surface area (Å²) in [4.78, 5) is 21.7. The SMILES string of the molecule is COCCCN(C)CCc1cn(-c2n[c-]nc3[nH]ncc23)nc1C=O.[K+]. The Morgan fingerprint density at radius 3 is 3.00 bits per heavy atom. The fraction of sp³-hybridized carbons (Fsp3) is 0.438. The Morgan fingerprint density at radius 2 is 2.23 bits per heavy atom. The molecule has 26 heavy (non-hydrogen) atoms. The molecule has 3 heterocycles. The Morgan fingerprint density at radius 1 is 1.38 bits per heavy atom. The van der Waals surface area contributed by atoms with Crippen molar-refractivity contribution in [3.8, 4) is 5.82 Å². The van der Waals surface area contributed by atoms with Crippen molar-refractivity contribution in [1.82, 2.24) is 34.8 Å². The van der Waals surface area contributed by atoms with Gasteiger partial charge in [-0.3, -0.25) is 9.48 Å². The van der Waals surface area contributed by atoms with E-state index in [4.69, 9.17) is 4.74 Å². The molecule has 3 aromatic heterocycles. The molecule has 9 nitrogen and oxygen atoms in total. The van der Waals surface area contributed by atoms with Crippen LogP contribution in [0.4, 0.5) is 0 Å². The van der Waals surface area contributed by atoms with E-state index in [-0.39, 0.29) is 51.4 Å². The maximum atomic E-state index is 11.4. The van der Waals surface area contributed by atoms with Crippen LogP contribution in [0.25, 0.3) is 16.9 Å². The summed E-state index contributed by atoms with van der Waals surface area (Å²) in [5.41, 5.74) is 1.87. The van der Waals surface area contributed by atoms with Gasteiger partial charge in [-0.1, -0.05) is 0 Å². The molecule has 0 unspecified atom stereocenters. The molecular formula is C16H20KN7O2. The maximum Gasteiger partial charge on any atom is 1.00 e. The molecule has 0 saturated carbocycles. The van der Waals surface area contributed by atoms with Gasteiger partial charge < -0.3 is 24.7 Å². The van der Waals surface area contributed by atoms with Crippen molar-refractivity contribution in [3.05, 3.63) is 30.0 Å². The quantitative estimate of drug-likeness (QED) is 0.192. The number of nitrogens with one attached hydrogen (secondary N) is 1. The summed E-state index contributed by atoms with van der Waals surface area (Å²) in [5, 5.41) is 11.8. The first-order valence-corrected chi connectivity index (χ1v) is 8.01. The van der Waals surface area contributed by atoms with Crippen LogP contribution in [0.2, 0.25) is 0 Å². The molecule has 0 aliphatic rings. The molecular weight excluding hydrogens is 361 g/mol. The number of methoxy groups -OCH3 is 1. The predicted octanol–water partition coefficient (Wildman–Crippen LogP) is -2.33. The zero-order valence-electron chi connectivity index (χ0n) is 15.3. The maximum absolute atomic E-state index is 11.4. The molecule has 10 heteroatoms. The molecule has 0 atom stereocenters. The number of carbonyl (C=O) groups excluding carboxylic acids is 1. The first-order valence-electron chi connectivity index (χ1n) is 8.01. The second kappa shape index (κ2) is 10.4. The molecule has 0 spiro atoms. The summed E-state index contributed by atoms with van der Waals surface area (Å²) in [6, 6.07) is 0. The van der Waals surface area contributed by atoms with Gasteiger partial charge in [-0.25, -0.2) is 0 Å². The Labute approximate surface area is 193 Å². The predicted molar refractivity (Wildman–Crippen MR) is 90.7 cm³/mol. The van der Waals surface area contributed by atoms with Crippen molar-refractivity contribution in [2.24, 2.45) is 0 Å². The van der Waals surface area contributed by atoms with Gasteiger partial charge in [0.1, 0.15) is 5.69 Å². The number of fused-ring (bicyclic) bond motifs is 1. The Balaban J connectivity index is 0.00000243. The standard InChI is InChI=1S/C16H20N7O2.K/c1-22(5-3-7-25-2)6-4-12-9-23(21-14(12)10-24)16-13-8-19-20-15(13)17-11-18-16;/h8-10H,3-7H2,1-2H3,(H,17,18,19,20);/q-1;+1. The van der Waals surface area contributed by atoms with Crippen LogP contribution in [0.3, 0.4) is 0 Å². The van der Waals surface area contributed by atoms with Crippen molar-refractivity contribution in [3.63, 3.8) is 0 Å². The van der Waals surface area contributed by atoms with Crippen LogP contribution in [0.1, 0.15) is 22.5 Å². The van der Waals surface area contributed by atoms with E-state index in [0.717, 1.165) is 49.8 Å². The summed E-state index contributed by atoms with van der Waals surface area (Å²) < 4.78 is 6.65. The molecule has 1 N–H and O–H groups in total. The zero-order chi connectivity index (χ0) is 17.6. The van der Waals surface area contributed by atoms with Crippen molar-refractivity contribution in [1.29, 1.82) is 0 Å². The largest absolute Gasteiger partial charge is 1.00 e. The number of aromatic amines is 1. The third kappa shape index (κ3) is 5.03. The van der Waals surface area contributed by atoms with E-state index < -0.39 is 0 Å². The van der Waals surface area contributed by atoms with Gasteiger partial charge in [0.2, 0.25) is 0 Å². The summed E-state index contributed by atoms with van der Waals surface area (Å²) >= 11 is 0. The molecule has 0 aromatic carbocycles. The Bertz CT molecular complexity index is 848. The van der Waals surface area contributed by atoms with Gasteiger partial charge in [-0.15, -0.1) is 0 Å². The van der Waals surface area contributed by atoms with Gasteiger partial charge in [0.25, 0.3) is 0 Å². The zero-order valence-corrected chi connectivity index (χ0v) is 18.4. The number of hydrogen-bond acceptors (Lipinski definition) is 7. The minimum atomic E-state index is 0. The van der Waals surface area contributed by atoms with Gasteiger partial charge in [0, 0.05) is 56.7 Å². The third-order valence-corrected chi connectivity index (χ3v) is 3.98. The van der Waals surface area contributed by atoms with E-state index in [9.17, 15) is 4.79 Å². The van der Waals surface area contributed by atoms with Gasteiger partial charge in [0.15, 0.2) is 6.29 Å². The minimum absolute atomic E-state index is 0. The number of rotatable bonds is 9. The van der Waals surface area contributed by atoms with Gasteiger partial charge in [-0.2, -0.15) is 10.2 Å². The first kappa shape index (κ1) is 21.3. The second-order valence-corrected chi connectivity index (χ2v) is 5.78. The average molecular weight is 381 g/mol. The number of H-pyrrole nitrogens is 1. The number of aromatic nitrogens is 6. The second-order valence-electron chi connectivity index (χ2n) is 5.78. The fourth-order valence-corrected chi connectivity index (χ4v) is 2.61. The van der Waals surface area contributed by atoms with E-state index in [1.165, 1.54) is 0 Å². The van der Waals surface area contributed by atoms with E-state index in [1.807, 2.05) is 6.20 Å². The number of ether oxygens (including phenoxy) is 1. The third-order valence-electron chi connectivity index (χ3n) is 3.98. The minimum Gasteiger partial charge on any atom is -0.385 e. The van der Waals surface area contributed by atoms with Crippen LogP contribution in [0, 0.1) is 6.33 Å². The van der Waals surface area contributed by atoms with Crippen LogP contribution in [0.5, 0.6) is 0 Å². The van der Waals surface area contributed by atoms with E-state index in [2.05, 4.69) is 43.5 Å². The topological polar surface area (TPSA) is 102 Å². The number of aldehydes is 1. The molecule has 0 bridgehead atoms. The molecule has 3 aromatic rings. The molecule has 0 radical (unpaired) electrons. The Hall–Kier alpha value is -1.01. The van der Waals surface area contributed by atoms with E-state index in [1.54, 1.807) is 18.0 Å². The number of nitrogens with zero attached hydrogens (tertiary/aromatic N) is 6. The smallest absolute Gasteiger partial charge is 0.385 e. The van der Waals surface area contributed by atoms with Gasteiger partial charge in [0.05, 0.1) is 5.82 Å². The summed E-state index contributed by atoms with van der Waals surface area (Å²) in [7, 11) is 3.75. The normalized spacial score (nSPS) is 11.0. The fourth-order valence-electron chi connectivity index (χ4n) is 2.61. The van der Waals surface area contributed by atoms with Crippen LogP contribution < -0.4 is 51.4 Å². The van der Waals surface area contributed by atoms with Crippen LogP contribution in [-0.4, -0.2) is 75.0 Å². The molecule has 3 rings (SSSR count). The van der Waals surface area contributed by atoms with E-state index in [0.29, 0.717) is 17.2 Å². The molecule has 0 amide bonds. The molecule has 0 fully saturated rings. The van der Waals surface area contributed by atoms with Gasteiger partial charge in [-0.05, 0) is 25.3 Å². The van der Waals surface area contributed by atoms with Crippen molar-refractivity contribution < 1.29 is 60.9 Å². The van der Waals surface area contributed by atoms with Gasteiger partial charge >= 0.3 is 51.4 Å². The Kier molecular flexibility index (Phi) is 8.48. The van der Waals surface area contributed by atoms with Crippen LogP contribution >= 0.6 is 0 Å². The molecule has 0 aliphatic carbocycles. The first-order chi connectivity index (χ1) is 12.2. The van der Waals surface area contributed by atoms with Crippen molar-refractivity contribution >= 4 is 17.3 Å². The summed E-state index contributed by atoms with van der Waals surface area (Å²) in [6.07, 6.45) is 8.50. The summed E-state index contributed by atoms with van der Waals surface area (Å²) in [6.45, 7) is 2.51. The van der Waals surface area contributed by atoms with E-state index >= 15 is 0 Å². The molecule has 0 saturated heterocycles. The number of hydrogen-bond donors (Lipinski definition) is 1. The van der Waals surface area contributed by atoms with Crippen molar-refractivity contribution in [2.45, 2.75) is 12.8 Å². The number of carbonyl (C=O) groups is 1. The molecule has 132 valence electrons. The van der Waals surface area contributed by atoms with Crippen LogP contribution in [0.15, 0.2) is 12.4 Å². The summed E-state index contributed by atoms with van der Waals surface area (Å²) in [5.74, 6) is 0.543. The monoisotopic (exact) mass is 381 g/mol. The van der Waals surface area contributed by atoms with Crippen LogP contribution in [-0.2, 0) is 11.2 Å². The number of likely N-dealkylation sites (N-methyl/N-ethyl adjacent to an activating group) is 1. The average Bonchev–Trinajstić information content (AvgIpc) is 3.26.